The van der Waals surface area contributed by atoms with Crippen LogP contribution in [0.4, 0.5) is 0 Å². The van der Waals surface area contributed by atoms with Crippen molar-refractivity contribution >= 4 is 33.3 Å². The Morgan fingerprint density at radius 1 is 1.38 bits per heavy atom. The van der Waals surface area contributed by atoms with Crippen molar-refractivity contribution in [2.24, 2.45) is 5.92 Å². The first kappa shape index (κ1) is 12.1. The van der Waals surface area contributed by atoms with Crippen LogP contribution in [0.1, 0.15) is 23.2 Å². The minimum Gasteiger partial charge on any atom is -0.381 e. The summed E-state index contributed by atoms with van der Waals surface area (Å²) in [6, 6.07) is 5.35. The van der Waals surface area contributed by atoms with Gasteiger partial charge in [-0.3, -0.25) is 4.79 Å². The van der Waals surface area contributed by atoms with E-state index < -0.39 is 0 Å². The average molecular weight is 304 g/mol. The predicted octanol–water partition coefficient (Wildman–Crippen LogP) is 3.71. The van der Waals surface area contributed by atoms with Gasteiger partial charge in [0.15, 0.2) is 5.78 Å². The summed E-state index contributed by atoms with van der Waals surface area (Å²) in [6.07, 6.45) is 1.62. The van der Waals surface area contributed by atoms with Gasteiger partial charge in [-0.05, 0) is 40.9 Å². The van der Waals surface area contributed by atoms with Gasteiger partial charge in [-0.25, -0.2) is 0 Å². The van der Waals surface area contributed by atoms with Crippen LogP contribution >= 0.6 is 27.5 Å². The number of ketones is 1. The Balaban J connectivity index is 2.16. The zero-order valence-corrected chi connectivity index (χ0v) is 11.1. The Labute approximate surface area is 108 Å². The number of Topliss-reactive ketones (excluding diaryl/α,β-unsaturated/α-hetero) is 1. The van der Waals surface area contributed by atoms with Crippen LogP contribution in [0.5, 0.6) is 0 Å². The van der Waals surface area contributed by atoms with Crippen molar-refractivity contribution in [2.75, 3.05) is 13.2 Å². The molecular formula is C12H12BrClO2. The molecule has 0 radical (unpaired) electrons. The van der Waals surface area contributed by atoms with E-state index >= 15 is 0 Å². The maximum atomic E-state index is 12.1. The summed E-state index contributed by atoms with van der Waals surface area (Å²) in [7, 11) is 0. The van der Waals surface area contributed by atoms with Crippen LogP contribution in [0.15, 0.2) is 22.7 Å². The van der Waals surface area contributed by atoms with Crippen molar-refractivity contribution in [3.05, 3.63) is 33.3 Å². The normalized spacial score (nSPS) is 17.4. The van der Waals surface area contributed by atoms with Gasteiger partial charge in [0.25, 0.3) is 0 Å². The quantitative estimate of drug-likeness (QED) is 0.779. The molecule has 0 saturated carbocycles. The van der Waals surface area contributed by atoms with Crippen LogP contribution in [0.3, 0.4) is 0 Å². The fourth-order valence-corrected chi connectivity index (χ4v) is 2.27. The van der Waals surface area contributed by atoms with Crippen LogP contribution in [-0.4, -0.2) is 19.0 Å². The van der Waals surface area contributed by atoms with Crippen molar-refractivity contribution in [1.82, 2.24) is 0 Å². The molecule has 1 aliphatic rings. The highest BCUT2D eigenvalue weighted by molar-refractivity contribution is 9.10. The fourth-order valence-electron chi connectivity index (χ4n) is 1.84. The molecule has 0 unspecified atom stereocenters. The van der Waals surface area contributed by atoms with E-state index in [1.807, 2.05) is 12.1 Å². The fraction of sp³-hybridized carbons (Fsp3) is 0.417. The molecule has 2 nitrogen and oxygen atoms in total. The standard InChI is InChI=1S/C12H12BrClO2/c13-10-2-1-9(7-11(10)14)12(15)8-3-5-16-6-4-8/h1-2,7-8H,3-6H2. The molecule has 1 aromatic rings. The summed E-state index contributed by atoms with van der Waals surface area (Å²) in [5.41, 5.74) is 0.695. The summed E-state index contributed by atoms with van der Waals surface area (Å²) in [6.45, 7) is 1.36. The molecule has 1 heterocycles. The van der Waals surface area contributed by atoms with Gasteiger partial charge in [0.05, 0.1) is 5.02 Å². The predicted molar refractivity (Wildman–Crippen MR) is 67.0 cm³/mol. The Hall–Kier alpha value is -0.380. The monoisotopic (exact) mass is 302 g/mol. The molecule has 2 rings (SSSR count). The molecular weight excluding hydrogens is 291 g/mol. The van der Waals surface area contributed by atoms with E-state index in [1.165, 1.54) is 0 Å². The number of carbonyl (C=O) groups is 1. The first-order valence-electron chi connectivity index (χ1n) is 5.25. The van der Waals surface area contributed by atoms with Crippen molar-refractivity contribution in [1.29, 1.82) is 0 Å². The largest absolute Gasteiger partial charge is 0.381 e. The molecule has 0 atom stereocenters. The van der Waals surface area contributed by atoms with Gasteiger partial charge in [-0.1, -0.05) is 17.7 Å². The van der Waals surface area contributed by atoms with Gasteiger partial charge in [-0.15, -0.1) is 0 Å². The topological polar surface area (TPSA) is 26.3 Å². The second-order valence-electron chi connectivity index (χ2n) is 3.88. The lowest BCUT2D eigenvalue weighted by Crippen LogP contribution is -2.23. The Bertz CT molecular complexity index is 400. The van der Waals surface area contributed by atoms with E-state index in [1.54, 1.807) is 6.07 Å². The summed E-state index contributed by atoms with van der Waals surface area (Å²) < 4.78 is 6.06. The van der Waals surface area contributed by atoms with E-state index in [-0.39, 0.29) is 11.7 Å². The summed E-state index contributed by atoms with van der Waals surface area (Å²) in [5, 5.41) is 0.581. The number of carbonyl (C=O) groups excluding carboxylic acids is 1. The summed E-state index contributed by atoms with van der Waals surface area (Å²) >= 11 is 9.28. The lowest BCUT2D eigenvalue weighted by atomic mass is 9.91. The Morgan fingerprint density at radius 3 is 2.69 bits per heavy atom. The molecule has 0 amide bonds. The number of benzene rings is 1. The minimum absolute atomic E-state index is 0.0889. The molecule has 0 spiro atoms. The van der Waals surface area contributed by atoms with E-state index in [0.717, 1.165) is 17.3 Å². The van der Waals surface area contributed by atoms with Gasteiger partial charge >= 0.3 is 0 Å². The van der Waals surface area contributed by atoms with Crippen LogP contribution in [-0.2, 0) is 4.74 Å². The number of ether oxygens (including phenoxy) is 1. The Morgan fingerprint density at radius 2 is 2.06 bits per heavy atom. The molecule has 4 heteroatoms. The second kappa shape index (κ2) is 5.30. The number of halogens is 2. The number of rotatable bonds is 2. The number of hydrogen-bond donors (Lipinski definition) is 0. The zero-order valence-electron chi connectivity index (χ0n) is 8.71. The smallest absolute Gasteiger partial charge is 0.166 e. The molecule has 0 aromatic heterocycles. The third kappa shape index (κ3) is 2.65. The van der Waals surface area contributed by atoms with Gasteiger partial charge in [0, 0.05) is 29.2 Å². The van der Waals surface area contributed by atoms with Crippen molar-refractivity contribution in [3.63, 3.8) is 0 Å². The molecule has 0 N–H and O–H groups in total. The van der Waals surface area contributed by atoms with Gasteiger partial charge in [0.2, 0.25) is 0 Å². The lowest BCUT2D eigenvalue weighted by Gasteiger charge is -2.20. The van der Waals surface area contributed by atoms with Crippen molar-refractivity contribution in [2.45, 2.75) is 12.8 Å². The third-order valence-electron chi connectivity index (χ3n) is 2.80. The van der Waals surface area contributed by atoms with Crippen molar-refractivity contribution in [3.8, 4) is 0 Å². The van der Waals surface area contributed by atoms with Crippen LogP contribution in [0.25, 0.3) is 0 Å². The molecule has 16 heavy (non-hydrogen) atoms. The summed E-state index contributed by atoms with van der Waals surface area (Å²) in [5.74, 6) is 0.267. The lowest BCUT2D eigenvalue weighted by molar-refractivity contribution is 0.0545. The van der Waals surface area contributed by atoms with Gasteiger partial charge in [-0.2, -0.15) is 0 Å². The molecule has 0 bridgehead atoms. The van der Waals surface area contributed by atoms with Crippen LogP contribution < -0.4 is 0 Å². The Kier molecular flexibility index (Phi) is 4.00. The highest BCUT2D eigenvalue weighted by atomic mass is 79.9. The summed E-state index contributed by atoms with van der Waals surface area (Å²) in [4.78, 5) is 12.1. The minimum atomic E-state index is 0.0889. The number of hydrogen-bond acceptors (Lipinski definition) is 2. The molecule has 1 fully saturated rings. The molecule has 1 aliphatic heterocycles. The highest BCUT2D eigenvalue weighted by Gasteiger charge is 2.22. The maximum absolute atomic E-state index is 12.1. The van der Waals surface area contributed by atoms with E-state index in [0.29, 0.717) is 23.8 Å². The van der Waals surface area contributed by atoms with E-state index in [9.17, 15) is 4.79 Å². The first-order valence-corrected chi connectivity index (χ1v) is 6.42. The molecule has 1 saturated heterocycles. The molecule has 0 aliphatic carbocycles. The average Bonchev–Trinajstić information content (AvgIpc) is 2.33. The van der Waals surface area contributed by atoms with E-state index in [4.69, 9.17) is 16.3 Å². The SMILES string of the molecule is O=C(c1ccc(Br)c(Cl)c1)C1CCOCC1. The third-order valence-corrected chi connectivity index (χ3v) is 4.03. The zero-order chi connectivity index (χ0) is 11.5. The van der Waals surface area contributed by atoms with Crippen molar-refractivity contribution < 1.29 is 9.53 Å². The second-order valence-corrected chi connectivity index (χ2v) is 5.14. The van der Waals surface area contributed by atoms with Gasteiger partial charge < -0.3 is 4.74 Å². The highest BCUT2D eigenvalue weighted by Crippen LogP contribution is 2.26. The van der Waals surface area contributed by atoms with Crippen LogP contribution in [0.2, 0.25) is 5.02 Å². The van der Waals surface area contributed by atoms with Crippen LogP contribution in [0, 0.1) is 5.92 Å². The molecule has 1 aromatic carbocycles. The van der Waals surface area contributed by atoms with E-state index in [2.05, 4.69) is 15.9 Å². The maximum Gasteiger partial charge on any atom is 0.166 e. The first-order chi connectivity index (χ1) is 7.68. The molecule has 86 valence electrons. The van der Waals surface area contributed by atoms with Gasteiger partial charge in [0.1, 0.15) is 0 Å².